The van der Waals surface area contributed by atoms with Gasteiger partial charge >= 0.3 is 0 Å². The van der Waals surface area contributed by atoms with Crippen molar-refractivity contribution in [2.75, 3.05) is 13.6 Å². The summed E-state index contributed by atoms with van der Waals surface area (Å²) in [5, 5.41) is 0. The maximum atomic E-state index is 11.9. The summed E-state index contributed by atoms with van der Waals surface area (Å²) >= 11 is 0. The fraction of sp³-hybridized carbons (Fsp3) is 0.500. The Morgan fingerprint density at radius 2 is 2.12 bits per heavy atom. The zero-order valence-corrected chi connectivity index (χ0v) is 10.0. The third-order valence-corrected chi connectivity index (χ3v) is 2.42. The Hall–Kier alpha value is -1.58. The lowest BCUT2D eigenvalue weighted by molar-refractivity contribution is 0.0793. The molecule has 0 radical (unpaired) electrons. The summed E-state index contributed by atoms with van der Waals surface area (Å²) in [4.78, 5) is 27.4. The Bertz CT molecular complexity index is 423. The molecule has 1 N–H and O–H groups in total. The molecule has 1 aromatic rings. The molecule has 0 aliphatic carbocycles. The van der Waals surface area contributed by atoms with Gasteiger partial charge in [-0.25, -0.2) is 0 Å². The van der Waals surface area contributed by atoms with Crippen LogP contribution in [0.15, 0.2) is 16.9 Å². The third kappa shape index (κ3) is 3.22. The van der Waals surface area contributed by atoms with Crippen LogP contribution in [0.25, 0.3) is 0 Å². The number of H-pyrrole nitrogens is 1. The summed E-state index contributed by atoms with van der Waals surface area (Å²) in [6.45, 7) is 4.57. The van der Waals surface area contributed by atoms with Gasteiger partial charge < -0.3 is 9.88 Å². The van der Waals surface area contributed by atoms with Gasteiger partial charge in [0.1, 0.15) is 0 Å². The summed E-state index contributed by atoms with van der Waals surface area (Å²) in [6, 6.07) is 3.05. The number of aryl methyl sites for hydroxylation is 1. The number of rotatable bonds is 4. The van der Waals surface area contributed by atoms with Gasteiger partial charge in [0.2, 0.25) is 5.56 Å². The number of carbonyl (C=O) groups excluding carboxylic acids is 1. The van der Waals surface area contributed by atoms with E-state index in [-0.39, 0.29) is 11.5 Å². The predicted molar refractivity (Wildman–Crippen MR) is 63.7 cm³/mol. The highest BCUT2D eigenvalue weighted by Gasteiger charge is 2.11. The number of amides is 1. The summed E-state index contributed by atoms with van der Waals surface area (Å²) in [6.07, 6.45) is 2.02. The van der Waals surface area contributed by atoms with Crippen LogP contribution in [0.3, 0.4) is 0 Å². The standard InChI is InChI=1S/C12H18N2O2/c1-4-5-6-14(3)12(16)10-7-9(2)13-11(15)8-10/h7-8H,4-6H2,1-3H3,(H,13,15). The smallest absolute Gasteiger partial charge is 0.253 e. The van der Waals surface area contributed by atoms with Gasteiger partial charge in [0.05, 0.1) is 0 Å². The van der Waals surface area contributed by atoms with E-state index in [0.29, 0.717) is 11.3 Å². The number of pyridine rings is 1. The number of hydrogen-bond donors (Lipinski definition) is 1. The average Bonchev–Trinajstić information content (AvgIpc) is 2.23. The molecule has 1 rings (SSSR count). The molecule has 0 spiro atoms. The topological polar surface area (TPSA) is 53.2 Å². The molecule has 16 heavy (non-hydrogen) atoms. The molecule has 1 heterocycles. The lowest BCUT2D eigenvalue weighted by atomic mass is 10.2. The Kier molecular flexibility index (Phi) is 4.28. The van der Waals surface area contributed by atoms with Crippen molar-refractivity contribution < 1.29 is 4.79 Å². The van der Waals surface area contributed by atoms with Gasteiger partial charge in [-0.15, -0.1) is 0 Å². The zero-order valence-electron chi connectivity index (χ0n) is 10.0. The second kappa shape index (κ2) is 5.49. The molecule has 4 nitrogen and oxygen atoms in total. The van der Waals surface area contributed by atoms with E-state index in [1.54, 1.807) is 24.9 Å². The second-order valence-electron chi connectivity index (χ2n) is 4.00. The summed E-state index contributed by atoms with van der Waals surface area (Å²) in [5.41, 5.74) is 0.937. The quantitative estimate of drug-likeness (QED) is 0.840. The Balaban J connectivity index is 2.83. The van der Waals surface area contributed by atoms with Gasteiger partial charge in [0.25, 0.3) is 5.91 Å². The summed E-state index contributed by atoms with van der Waals surface area (Å²) in [7, 11) is 1.76. The number of aromatic nitrogens is 1. The molecule has 0 fully saturated rings. The fourth-order valence-electron chi connectivity index (χ4n) is 1.52. The van der Waals surface area contributed by atoms with Crippen LogP contribution in [0.5, 0.6) is 0 Å². The van der Waals surface area contributed by atoms with Crippen molar-refractivity contribution in [2.24, 2.45) is 0 Å². The largest absolute Gasteiger partial charge is 0.342 e. The van der Waals surface area contributed by atoms with E-state index in [0.717, 1.165) is 19.4 Å². The first kappa shape index (κ1) is 12.5. The number of unbranched alkanes of at least 4 members (excludes halogenated alkanes) is 1. The molecule has 88 valence electrons. The van der Waals surface area contributed by atoms with Crippen molar-refractivity contribution >= 4 is 5.91 Å². The Labute approximate surface area is 95.3 Å². The first-order valence-electron chi connectivity index (χ1n) is 5.51. The number of carbonyl (C=O) groups is 1. The van der Waals surface area contributed by atoms with Crippen molar-refractivity contribution in [1.82, 2.24) is 9.88 Å². The van der Waals surface area contributed by atoms with Crippen LogP contribution >= 0.6 is 0 Å². The first-order valence-corrected chi connectivity index (χ1v) is 5.51. The first-order chi connectivity index (χ1) is 7.54. The minimum atomic E-state index is -0.229. The summed E-state index contributed by atoms with van der Waals surface area (Å²) in [5.74, 6) is -0.0948. The van der Waals surface area contributed by atoms with Crippen molar-refractivity contribution in [3.63, 3.8) is 0 Å². The van der Waals surface area contributed by atoms with Crippen LogP contribution in [0.1, 0.15) is 35.8 Å². The molecule has 0 saturated heterocycles. The van der Waals surface area contributed by atoms with E-state index in [1.165, 1.54) is 6.07 Å². The van der Waals surface area contributed by atoms with E-state index < -0.39 is 0 Å². The van der Waals surface area contributed by atoms with Gasteiger partial charge in [-0.05, 0) is 19.4 Å². The molecule has 1 amide bonds. The molecule has 0 saturated carbocycles. The molecular formula is C12H18N2O2. The molecular weight excluding hydrogens is 204 g/mol. The van der Waals surface area contributed by atoms with Crippen molar-refractivity contribution in [3.8, 4) is 0 Å². The monoisotopic (exact) mass is 222 g/mol. The van der Waals surface area contributed by atoms with Gasteiger partial charge in [-0.3, -0.25) is 9.59 Å². The van der Waals surface area contributed by atoms with E-state index >= 15 is 0 Å². The molecule has 0 aromatic carbocycles. The number of aromatic amines is 1. The van der Waals surface area contributed by atoms with Crippen LogP contribution in [0.2, 0.25) is 0 Å². The lowest BCUT2D eigenvalue weighted by Crippen LogP contribution is -2.28. The highest BCUT2D eigenvalue weighted by molar-refractivity contribution is 5.94. The number of hydrogen-bond acceptors (Lipinski definition) is 2. The third-order valence-electron chi connectivity index (χ3n) is 2.42. The highest BCUT2D eigenvalue weighted by Crippen LogP contribution is 2.03. The second-order valence-corrected chi connectivity index (χ2v) is 4.00. The highest BCUT2D eigenvalue weighted by atomic mass is 16.2. The fourth-order valence-corrected chi connectivity index (χ4v) is 1.52. The van der Waals surface area contributed by atoms with E-state index in [9.17, 15) is 9.59 Å². The van der Waals surface area contributed by atoms with E-state index in [2.05, 4.69) is 11.9 Å². The molecule has 0 bridgehead atoms. The minimum Gasteiger partial charge on any atom is -0.342 e. The van der Waals surface area contributed by atoms with E-state index in [1.807, 2.05) is 0 Å². The van der Waals surface area contributed by atoms with Crippen molar-refractivity contribution in [2.45, 2.75) is 26.7 Å². The van der Waals surface area contributed by atoms with Gasteiger partial charge in [0, 0.05) is 30.9 Å². The molecule has 0 atom stereocenters. The van der Waals surface area contributed by atoms with Crippen LogP contribution < -0.4 is 5.56 Å². The van der Waals surface area contributed by atoms with E-state index in [4.69, 9.17) is 0 Å². The molecule has 0 unspecified atom stereocenters. The van der Waals surface area contributed by atoms with Gasteiger partial charge in [0.15, 0.2) is 0 Å². The maximum absolute atomic E-state index is 11.9. The zero-order chi connectivity index (χ0) is 12.1. The molecule has 0 aliphatic heterocycles. The van der Waals surface area contributed by atoms with Crippen LogP contribution in [0.4, 0.5) is 0 Å². The SMILES string of the molecule is CCCCN(C)C(=O)c1cc(C)[nH]c(=O)c1. The maximum Gasteiger partial charge on any atom is 0.253 e. The molecule has 1 aromatic heterocycles. The van der Waals surface area contributed by atoms with Crippen LogP contribution in [-0.4, -0.2) is 29.4 Å². The predicted octanol–water partition coefficient (Wildman–Crippen LogP) is 1.56. The Morgan fingerprint density at radius 1 is 1.44 bits per heavy atom. The molecule has 4 heteroatoms. The normalized spacial score (nSPS) is 10.2. The van der Waals surface area contributed by atoms with Crippen molar-refractivity contribution in [3.05, 3.63) is 33.7 Å². The number of nitrogens with zero attached hydrogens (tertiary/aromatic N) is 1. The lowest BCUT2D eigenvalue weighted by Gasteiger charge is -2.16. The van der Waals surface area contributed by atoms with Crippen LogP contribution in [-0.2, 0) is 0 Å². The van der Waals surface area contributed by atoms with Gasteiger partial charge in [-0.2, -0.15) is 0 Å². The van der Waals surface area contributed by atoms with Crippen LogP contribution in [0, 0.1) is 6.92 Å². The average molecular weight is 222 g/mol. The summed E-state index contributed by atoms with van der Waals surface area (Å²) < 4.78 is 0. The van der Waals surface area contributed by atoms with Gasteiger partial charge in [-0.1, -0.05) is 13.3 Å². The Morgan fingerprint density at radius 3 is 2.69 bits per heavy atom. The van der Waals surface area contributed by atoms with Crippen molar-refractivity contribution in [1.29, 1.82) is 0 Å². The minimum absolute atomic E-state index is 0.0948. The number of nitrogens with one attached hydrogen (secondary N) is 1. The molecule has 0 aliphatic rings.